The molecule has 1 rings (SSSR count). The van der Waals surface area contributed by atoms with Crippen LogP contribution in [-0.2, 0) is 9.53 Å². The molecule has 0 heterocycles. The highest BCUT2D eigenvalue weighted by molar-refractivity contribution is 5.90. The highest BCUT2D eigenvalue weighted by atomic mass is 16.5. The number of ether oxygens (including phenoxy) is 1. The number of rotatable bonds is 8. The van der Waals surface area contributed by atoms with Crippen molar-refractivity contribution in [1.82, 2.24) is 0 Å². The number of hydrogen-bond acceptors (Lipinski definition) is 3. The molecular weight excluding hydrogens is 304 g/mol. The zero-order chi connectivity index (χ0) is 18.3. The molecule has 24 heavy (non-hydrogen) atoms. The van der Waals surface area contributed by atoms with Gasteiger partial charge in [0.2, 0.25) is 0 Å². The molecule has 0 spiro atoms. The van der Waals surface area contributed by atoms with Gasteiger partial charge in [0, 0.05) is 11.0 Å². The van der Waals surface area contributed by atoms with Gasteiger partial charge in [-0.25, -0.2) is 9.59 Å². The van der Waals surface area contributed by atoms with E-state index in [1.165, 1.54) is 0 Å². The van der Waals surface area contributed by atoms with Gasteiger partial charge in [-0.15, -0.1) is 0 Å². The second-order valence-corrected chi connectivity index (χ2v) is 6.62. The summed E-state index contributed by atoms with van der Waals surface area (Å²) in [5, 5.41) is 9.71. The molecule has 0 bridgehead atoms. The molecule has 0 saturated carbocycles. The number of carboxylic acid groups (broad SMARTS) is 1. The lowest BCUT2D eigenvalue weighted by Crippen LogP contribution is -2.43. The van der Waals surface area contributed by atoms with Crippen LogP contribution in [0, 0.1) is 17.3 Å². The van der Waals surface area contributed by atoms with Crippen molar-refractivity contribution in [2.45, 2.75) is 41.0 Å². The molecule has 0 aromatic heterocycles. The largest absolute Gasteiger partial charge is 0.478 e. The Hall–Kier alpha value is -2.10. The summed E-state index contributed by atoms with van der Waals surface area (Å²) in [7, 11) is 0. The van der Waals surface area contributed by atoms with Gasteiger partial charge in [0.05, 0.1) is 5.56 Å². The Bertz CT molecular complexity index is 577. The summed E-state index contributed by atoms with van der Waals surface area (Å²) in [5.74, 6) is -1.36. The van der Waals surface area contributed by atoms with Crippen molar-refractivity contribution in [3.05, 3.63) is 47.5 Å². The van der Waals surface area contributed by atoms with Crippen molar-refractivity contribution < 1.29 is 19.4 Å². The Kier molecular flexibility index (Phi) is 7.20. The monoisotopic (exact) mass is 332 g/mol. The van der Waals surface area contributed by atoms with Gasteiger partial charge in [-0.05, 0) is 30.4 Å². The smallest absolute Gasteiger partial charge is 0.338 e. The summed E-state index contributed by atoms with van der Waals surface area (Å²) in [6.07, 6.45) is 2.36. The van der Waals surface area contributed by atoms with Gasteiger partial charge < -0.3 is 9.84 Å². The summed E-state index contributed by atoms with van der Waals surface area (Å²) in [4.78, 5) is 24.1. The molecule has 0 aliphatic heterocycles. The van der Waals surface area contributed by atoms with Gasteiger partial charge in [-0.1, -0.05) is 58.9 Å². The summed E-state index contributed by atoms with van der Waals surface area (Å²) in [6.45, 7) is 9.86. The molecule has 1 N–H and O–H groups in total. The van der Waals surface area contributed by atoms with Crippen LogP contribution < -0.4 is 0 Å². The Labute approximate surface area is 144 Å². The molecule has 0 radical (unpaired) electrons. The molecule has 132 valence electrons. The van der Waals surface area contributed by atoms with Crippen molar-refractivity contribution in [3.8, 4) is 0 Å². The molecule has 0 atom stereocenters. The first-order valence-electron chi connectivity index (χ1n) is 8.43. The first kappa shape index (κ1) is 19.9. The van der Waals surface area contributed by atoms with Crippen LogP contribution in [0.5, 0.6) is 0 Å². The molecule has 0 aliphatic rings. The zero-order valence-corrected chi connectivity index (χ0v) is 15.2. The number of esters is 1. The normalized spacial score (nSPS) is 12.5. The van der Waals surface area contributed by atoms with E-state index in [1.54, 1.807) is 30.3 Å². The number of allylic oxidation sites excluding steroid dienone is 1. The molecule has 4 nitrogen and oxygen atoms in total. The highest BCUT2D eigenvalue weighted by Crippen LogP contribution is 2.43. The van der Waals surface area contributed by atoms with E-state index in [-0.39, 0.29) is 18.4 Å². The molecule has 0 saturated heterocycles. The first-order chi connectivity index (χ1) is 11.3. The average molecular weight is 332 g/mol. The van der Waals surface area contributed by atoms with E-state index in [1.807, 2.05) is 40.7 Å². The van der Waals surface area contributed by atoms with Crippen LogP contribution in [0.1, 0.15) is 51.4 Å². The molecule has 0 amide bonds. The minimum absolute atomic E-state index is 0.00923. The topological polar surface area (TPSA) is 63.6 Å². The maximum absolute atomic E-state index is 12.3. The average Bonchev–Trinajstić information content (AvgIpc) is 2.54. The Morgan fingerprint density at radius 1 is 1.12 bits per heavy atom. The number of hydrogen-bond donors (Lipinski definition) is 1. The fourth-order valence-electron chi connectivity index (χ4n) is 3.22. The molecule has 1 aromatic rings. The van der Waals surface area contributed by atoms with E-state index >= 15 is 0 Å². The fraction of sp³-hybridized carbons (Fsp3) is 0.500. The van der Waals surface area contributed by atoms with E-state index in [0.717, 1.165) is 0 Å². The molecule has 0 unspecified atom stereocenters. The van der Waals surface area contributed by atoms with E-state index < -0.39 is 17.4 Å². The standard InChI is InChI=1S/C20H28O4/c1-6-10-17(18(21)22)20(14(2)3,15(4)5)13-24-19(23)16-11-8-7-9-12-16/h7-12,14-15H,6,13H2,1-5H3,(H,21,22). The SMILES string of the molecule is CCC=C(C(=O)O)C(COC(=O)c1ccccc1)(C(C)C)C(C)C. The molecular formula is C20H28O4. The van der Waals surface area contributed by atoms with Crippen LogP contribution in [0.3, 0.4) is 0 Å². The number of carbonyl (C=O) groups is 2. The van der Waals surface area contributed by atoms with Crippen LogP contribution in [0.4, 0.5) is 0 Å². The molecule has 4 heteroatoms. The third kappa shape index (κ3) is 4.25. The van der Waals surface area contributed by atoms with Crippen LogP contribution in [0.15, 0.2) is 42.0 Å². The Balaban J connectivity index is 3.17. The van der Waals surface area contributed by atoms with Crippen molar-refractivity contribution in [2.75, 3.05) is 6.61 Å². The third-order valence-corrected chi connectivity index (χ3v) is 4.65. The lowest BCUT2D eigenvalue weighted by molar-refractivity contribution is -0.135. The van der Waals surface area contributed by atoms with Gasteiger partial charge in [0.15, 0.2) is 0 Å². The molecule has 0 fully saturated rings. The zero-order valence-electron chi connectivity index (χ0n) is 15.2. The summed E-state index contributed by atoms with van der Waals surface area (Å²) < 4.78 is 5.55. The number of benzene rings is 1. The lowest BCUT2D eigenvalue weighted by atomic mass is 9.64. The summed E-state index contributed by atoms with van der Waals surface area (Å²) in [5.41, 5.74) is 0.0675. The predicted octanol–water partition coefficient (Wildman–Crippen LogP) is 4.56. The minimum Gasteiger partial charge on any atom is -0.478 e. The van der Waals surface area contributed by atoms with Crippen molar-refractivity contribution in [3.63, 3.8) is 0 Å². The van der Waals surface area contributed by atoms with Crippen LogP contribution >= 0.6 is 0 Å². The highest BCUT2D eigenvalue weighted by Gasteiger charge is 2.44. The summed E-state index contributed by atoms with van der Waals surface area (Å²) >= 11 is 0. The van der Waals surface area contributed by atoms with Gasteiger partial charge >= 0.3 is 11.9 Å². The number of carboxylic acids is 1. The van der Waals surface area contributed by atoms with Crippen LogP contribution in [0.25, 0.3) is 0 Å². The van der Waals surface area contributed by atoms with Crippen molar-refractivity contribution in [1.29, 1.82) is 0 Å². The van der Waals surface area contributed by atoms with Crippen LogP contribution in [0.2, 0.25) is 0 Å². The number of carbonyl (C=O) groups excluding carboxylic acids is 1. The van der Waals surface area contributed by atoms with Crippen molar-refractivity contribution in [2.24, 2.45) is 17.3 Å². The Morgan fingerprint density at radius 2 is 1.67 bits per heavy atom. The van der Waals surface area contributed by atoms with E-state index in [0.29, 0.717) is 17.6 Å². The third-order valence-electron chi connectivity index (χ3n) is 4.65. The quantitative estimate of drug-likeness (QED) is 0.560. The van der Waals surface area contributed by atoms with Gasteiger partial charge in [-0.3, -0.25) is 0 Å². The lowest BCUT2D eigenvalue weighted by Gasteiger charge is -2.41. The minimum atomic E-state index is -0.949. The Morgan fingerprint density at radius 3 is 2.08 bits per heavy atom. The first-order valence-corrected chi connectivity index (χ1v) is 8.43. The van der Waals surface area contributed by atoms with Gasteiger partial charge in [-0.2, -0.15) is 0 Å². The molecule has 0 aliphatic carbocycles. The van der Waals surface area contributed by atoms with Gasteiger partial charge in [0.1, 0.15) is 6.61 Å². The van der Waals surface area contributed by atoms with E-state index in [2.05, 4.69) is 0 Å². The maximum atomic E-state index is 12.3. The van der Waals surface area contributed by atoms with Crippen molar-refractivity contribution >= 4 is 11.9 Å². The van der Waals surface area contributed by atoms with E-state index in [9.17, 15) is 14.7 Å². The fourth-order valence-corrected chi connectivity index (χ4v) is 3.22. The second kappa shape index (κ2) is 8.67. The predicted molar refractivity (Wildman–Crippen MR) is 94.8 cm³/mol. The second-order valence-electron chi connectivity index (χ2n) is 6.62. The van der Waals surface area contributed by atoms with Crippen LogP contribution in [-0.4, -0.2) is 23.7 Å². The molecule has 1 aromatic carbocycles. The summed E-state index contributed by atoms with van der Waals surface area (Å²) in [6, 6.07) is 8.75. The van der Waals surface area contributed by atoms with E-state index in [4.69, 9.17) is 4.74 Å². The number of aliphatic carboxylic acids is 1. The van der Waals surface area contributed by atoms with Gasteiger partial charge in [0.25, 0.3) is 0 Å². The maximum Gasteiger partial charge on any atom is 0.338 e.